The highest BCUT2D eigenvalue weighted by molar-refractivity contribution is 9.10. The lowest BCUT2D eigenvalue weighted by molar-refractivity contribution is 0.522. The third kappa shape index (κ3) is 3.10. The topological polar surface area (TPSA) is 26.0 Å². The molecule has 2 atom stereocenters. The van der Waals surface area contributed by atoms with Crippen molar-refractivity contribution in [3.05, 3.63) is 34.3 Å². The summed E-state index contributed by atoms with van der Waals surface area (Å²) in [7, 11) is 0. The smallest absolute Gasteiger partial charge is 0.0175 e. The van der Waals surface area contributed by atoms with Crippen molar-refractivity contribution >= 4 is 15.9 Å². The molecule has 0 aromatic heterocycles. The Hall–Kier alpha value is -0.340. The number of rotatable bonds is 4. The van der Waals surface area contributed by atoms with E-state index in [2.05, 4.69) is 54.0 Å². The van der Waals surface area contributed by atoms with Gasteiger partial charge in [0.1, 0.15) is 0 Å². The molecule has 0 aliphatic rings. The first-order chi connectivity index (χ1) is 6.65. The highest BCUT2D eigenvalue weighted by atomic mass is 79.9. The van der Waals surface area contributed by atoms with Gasteiger partial charge in [-0.25, -0.2) is 0 Å². The van der Waals surface area contributed by atoms with Gasteiger partial charge in [-0.1, -0.05) is 48.3 Å². The van der Waals surface area contributed by atoms with E-state index in [9.17, 15) is 0 Å². The summed E-state index contributed by atoms with van der Waals surface area (Å²) in [5.74, 6) is 0.447. The number of benzene rings is 1. The van der Waals surface area contributed by atoms with Gasteiger partial charge in [0.2, 0.25) is 0 Å². The molecule has 1 aromatic carbocycles. The minimum atomic E-state index is 0.279. The summed E-state index contributed by atoms with van der Waals surface area (Å²) in [4.78, 5) is 0. The lowest BCUT2D eigenvalue weighted by Crippen LogP contribution is -2.26. The van der Waals surface area contributed by atoms with Crippen LogP contribution in [0.2, 0.25) is 0 Å². The number of hydrogen-bond donors (Lipinski definition) is 1. The first-order valence-corrected chi connectivity index (χ1v) is 5.95. The van der Waals surface area contributed by atoms with Crippen LogP contribution in [0.1, 0.15) is 38.2 Å². The lowest BCUT2D eigenvalue weighted by atomic mass is 9.91. The van der Waals surface area contributed by atoms with Gasteiger partial charge in [-0.2, -0.15) is 0 Å². The van der Waals surface area contributed by atoms with Gasteiger partial charge in [0.25, 0.3) is 0 Å². The van der Waals surface area contributed by atoms with Crippen LogP contribution < -0.4 is 5.73 Å². The molecule has 0 saturated carbocycles. The van der Waals surface area contributed by atoms with E-state index in [0.717, 1.165) is 17.3 Å². The summed E-state index contributed by atoms with van der Waals surface area (Å²) in [5.41, 5.74) is 7.41. The van der Waals surface area contributed by atoms with Crippen molar-refractivity contribution in [1.29, 1.82) is 0 Å². The molecule has 0 amide bonds. The van der Waals surface area contributed by atoms with Crippen LogP contribution in [-0.2, 0) is 0 Å². The third-order valence-corrected chi connectivity index (χ3v) is 3.19. The molecular weight excluding hydrogens is 238 g/mol. The van der Waals surface area contributed by atoms with Crippen molar-refractivity contribution in [1.82, 2.24) is 0 Å². The quantitative estimate of drug-likeness (QED) is 0.873. The van der Waals surface area contributed by atoms with Gasteiger partial charge in [0.05, 0.1) is 0 Å². The van der Waals surface area contributed by atoms with Crippen molar-refractivity contribution in [2.24, 2.45) is 5.73 Å². The molecular formula is C12H18BrN. The zero-order valence-electron chi connectivity index (χ0n) is 8.83. The van der Waals surface area contributed by atoms with E-state index in [1.165, 1.54) is 5.56 Å². The van der Waals surface area contributed by atoms with Crippen molar-refractivity contribution in [2.75, 3.05) is 0 Å². The van der Waals surface area contributed by atoms with Gasteiger partial charge in [0, 0.05) is 10.5 Å². The van der Waals surface area contributed by atoms with E-state index in [4.69, 9.17) is 5.73 Å². The van der Waals surface area contributed by atoms with E-state index in [0.29, 0.717) is 5.92 Å². The predicted molar refractivity (Wildman–Crippen MR) is 65.4 cm³/mol. The summed E-state index contributed by atoms with van der Waals surface area (Å²) >= 11 is 3.43. The highest BCUT2D eigenvalue weighted by Crippen LogP contribution is 2.22. The maximum absolute atomic E-state index is 6.09. The standard InChI is InChI=1S/C12H18BrN/c1-3-4-12(14)9(2)10-5-7-11(13)8-6-10/h5-9,12H,3-4,14H2,1-2H3. The average Bonchev–Trinajstić information content (AvgIpc) is 2.18. The first kappa shape index (κ1) is 11.7. The Balaban J connectivity index is 2.68. The van der Waals surface area contributed by atoms with E-state index in [-0.39, 0.29) is 6.04 Å². The molecule has 0 radical (unpaired) electrons. The van der Waals surface area contributed by atoms with Crippen LogP contribution in [0.25, 0.3) is 0 Å². The first-order valence-electron chi connectivity index (χ1n) is 5.16. The molecule has 1 nitrogen and oxygen atoms in total. The van der Waals surface area contributed by atoms with Crippen molar-refractivity contribution < 1.29 is 0 Å². The molecule has 0 aliphatic carbocycles. The molecule has 2 N–H and O–H groups in total. The molecule has 1 rings (SSSR count). The average molecular weight is 256 g/mol. The van der Waals surface area contributed by atoms with Gasteiger partial charge in [-0.3, -0.25) is 0 Å². The highest BCUT2D eigenvalue weighted by Gasteiger charge is 2.13. The van der Waals surface area contributed by atoms with Gasteiger partial charge in [0.15, 0.2) is 0 Å². The SMILES string of the molecule is CCCC(N)C(C)c1ccc(Br)cc1. The van der Waals surface area contributed by atoms with Crippen LogP contribution in [0.3, 0.4) is 0 Å². The van der Waals surface area contributed by atoms with Gasteiger partial charge in [-0.05, 0) is 30.0 Å². The number of nitrogens with two attached hydrogens (primary N) is 1. The zero-order chi connectivity index (χ0) is 10.6. The number of halogens is 1. The Bertz CT molecular complexity index is 268. The lowest BCUT2D eigenvalue weighted by Gasteiger charge is -2.19. The molecule has 0 aliphatic heterocycles. The molecule has 2 unspecified atom stereocenters. The Kier molecular flexibility index (Phi) is 4.63. The molecule has 2 heteroatoms. The molecule has 0 spiro atoms. The van der Waals surface area contributed by atoms with Crippen molar-refractivity contribution in [2.45, 2.75) is 38.6 Å². The van der Waals surface area contributed by atoms with Crippen LogP contribution in [0, 0.1) is 0 Å². The van der Waals surface area contributed by atoms with Crippen LogP contribution in [-0.4, -0.2) is 6.04 Å². The fourth-order valence-corrected chi connectivity index (χ4v) is 1.86. The molecule has 14 heavy (non-hydrogen) atoms. The number of hydrogen-bond acceptors (Lipinski definition) is 1. The molecule has 78 valence electrons. The van der Waals surface area contributed by atoms with Gasteiger partial charge in [-0.15, -0.1) is 0 Å². The van der Waals surface area contributed by atoms with E-state index >= 15 is 0 Å². The molecule has 0 heterocycles. The van der Waals surface area contributed by atoms with Crippen LogP contribution in [0.15, 0.2) is 28.7 Å². The summed E-state index contributed by atoms with van der Waals surface area (Å²) < 4.78 is 1.12. The molecule has 0 saturated heterocycles. The summed E-state index contributed by atoms with van der Waals surface area (Å²) in [6, 6.07) is 8.71. The Morgan fingerprint density at radius 1 is 1.29 bits per heavy atom. The molecule has 0 fully saturated rings. The Labute approximate surface area is 94.8 Å². The van der Waals surface area contributed by atoms with Crippen molar-refractivity contribution in [3.63, 3.8) is 0 Å². The monoisotopic (exact) mass is 255 g/mol. The maximum atomic E-state index is 6.09. The van der Waals surface area contributed by atoms with Gasteiger partial charge < -0.3 is 5.73 Å². The second-order valence-corrected chi connectivity index (χ2v) is 4.71. The van der Waals surface area contributed by atoms with Crippen LogP contribution in [0.5, 0.6) is 0 Å². The second kappa shape index (κ2) is 5.52. The summed E-state index contributed by atoms with van der Waals surface area (Å²) in [6.07, 6.45) is 2.25. The summed E-state index contributed by atoms with van der Waals surface area (Å²) in [6.45, 7) is 4.37. The predicted octanol–water partition coefficient (Wildman–Crippen LogP) is 3.68. The fourth-order valence-electron chi connectivity index (χ4n) is 1.60. The van der Waals surface area contributed by atoms with E-state index < -0.39 is 0 Å². The maximum Gasteiger partial charge on any atom is 0.0175 e. The zero-order valence-corrected chi connectivity index (χ0v) is 10.4. The third-order valence-electron chi connectivity index (χ3n) is 2.66. The Morgan fingerprint density at radius 3 is 2.36 bits per heavy atom. The normalized spacial score (nSPS) is 15.1. The second-order valence-electron chi connectivity index (χ2n) is 3.79. The molecule has 1 aromatic rings. The van der Waals surface area contributed by atoms with E-state index in [1.54, 1.807) is 0 Å². The van der Waals surface area contributed by atoms with Crippen LogP contribution in [0.4, 0.5) is 0 Å². The van der Waals surface area contributed by atoms with Crippen molar-refractivity contribution in [3.8, 4) is 0 Å². The van der Waals surface area contributed by atoms with Gasteiger partial charge >= 0.3 is 0 Å². The fraction of sp³-hybridized carbons (Fsp3) is 0.500. The van der Waals surface area contributed by atoms with E-state index in [1.807, 2.05) is 0 Å². The minimum Gasteiger partial charge on any atom is -0.327 e. The summed E-state index contributed by atoms with van der Waals surface area (Å²) in [5, 5.41) is 0. The molecule has 0 bridgehead atoms. The minimum absolute atomic E-state index is 0.279. The Morgan fingerprint density at radius 2 is 1.86 bits per heavy atom. The van der Waals surface area contributed by atoms with Crippen LogP contribution >= 0.6 is 15.9 Å². The largest absolute Gasteiger partial charge is 0.327 e.